The maximum atomic E-state index is 12.0. The second kappa shape index (κ2) is 7.12. The molecule has 0 saturated carbocycles. The van der Waals surface area contributed by atoms with Gasteiger partial charge in [-0.2, -0.15) is 0 Å². The molecular weight excluding hydrogens is 294 g/mol. The van der Waals surface area contributed by atoms with Gasteiger partial charge >= 0.3 is 0 Å². The molecule has 7 nitrogen and oxygen atoms in total. The van der Waals surface area contributed by atoms with Crippen molar-refractivity contribution in [1.82, 2.24) is 20.2 Å². The summed E-state index contributed by atoms with van der Waals surface area (Å²) in [6.45, 7) is 11.4. The lowest BCUT2D eigenvalue weighted by Crippen LogP contribution is -2.52. The summed E-state index contributed by atoms with van der Waals surface area (Å²) in [6, 6.07) is 1.54. The van der Waals surface area contributed by atoms with Gasteiger partial charge in [0.25, 0.3) is 5.56 Å². The van der Waals surface area contributed by atoms with Gasteiger partial charge in [0.1, 0.15) is 0 Å². The minimum atomic E-state index is -0.205. The highest BCUT2D eigenvalue weighted by molar-refractivity contribution is 5.78. The molecule has 1 amide bonds. The van der Waals surface area contributed by atoms with Gasteiger partial charge in [-0.05, 0) is 27.2 Å². The van der Waals surface area contributed by atoms with Gasteiger partial charge in [-0.1, -0.05) is 6.92 Å². The van der Waals surface area contributed by atoms with Crippen LogP contribution in [-0.2, 0) is 11.2 Å². The number of hydrogen-bond donors (Lipinski definition) is 2. The Balaban J connectivity index is 1.90. The van der Waals surface area contributed by atoms with Crippen molar-refractivity contribution in [1.29, 1.82) is 0 Å². The van der Waals surface area contributed by atoms with Crippen LogP contribution in [-0.4, -0.2) is 59.0 Å². The summed E-state index contributed by atoms with van der Waals surface area (Å²) < 4.78 is 0. The molecule has 0 bridgehead atoms. The average molecular weight is 321 g/mol. The molecule has 0 atom stereocenters. The molecule has 1 aromatic heterocycles. The summed E-state index contributed by atoms with van der Waals surface area (Å²) in [4.78, 5) is 35.1. The Morgan fingerprint density at radius 2 is 1.96 bits per heavy atom. The number of nitrogens with one attached hydrogen (secondary N) is 2. The van der Waals surface area contributed by atoms with E-state index in [1.54, 1.807) is 0 Å². The molecule has 0 aromatic carbocycles. The first kappa shape index (κ1) is 17.5. The smallest absolute Gasteiger partial charge is 0.252 e. The van der Waals surface area contributed by atoms with Gasteiger partial charge in [0.05, 0.1) is 6.54 Å². The third kappa shape index (κ3) is 5.35. The third-order valence-corrected chi connectivity index (χ3v) is 3.70. The molecule has 0 radical (unpaired) electrons. The summed E-state index contributed by atoms with van der Waals surface area (Å²) in [7, 11) is 0. The summed E-state index contributed by atoms with van der Waals surface area (Å²) in [5.41, 5.74) is 0.484. The molecule has 1 aliphatic heterocycles. The van der Waals surface area contributed by atoms with Crippen LogP contribution in [0.3, 0.4) is 0 Å². The Hall–Kier alpha value is -1.89. The number of nitrogens with zero attached hydrogens (tertiary/aromatic N) is 3. The fourth-order valence-electron chi connectivity index (χ4n) is 2.60. The van der Waals surface area contributed by atoms with Crippen LogP contribution in [0.4, 0.5) is 5.95 Å². The van der Waals surface area contributed by atoms with E-state index in [1.807, 2.05) is 27.7 Å². The highest BCUT2D eigenvalue weighted by Crippen LogP contribution is 2.10. The average Bonchev–Trinajstić information content (AvgIpc) is 2.45. The number of carbonyl (C=O) groups excluding carboxylic acids is 1. The van der Waals surface area contributed by atoms with Crippen LogP contribution in [0.1, 0.15) is 33.4 Å². The summed E-state index contributed by atoms with van der Waals surface area (Å²) in [5, 5.41) is 2.98. The van der Waals surface area contributed by atoms with Crippen LogP contribution < -0.4 is 15.8 Å². The number of H-pyrrole nitrogens is 1. The van der Waals surface area contributed by atoms with E-state index in [2.05, 4.69) is 25.1 Å². The molecule has 23 heavy (non-hydrogen) atoms. The first-order chi connectivity index (χ1) is 10.8. The highest BCUT2D eigenvalue weighted by atomic mass is 16.2. The topological polar surface area (TPSA) is 81.3 Å². The number of amides is 1. The van der Waals surface area contributed by atoms with Crippen LogP contribution in [0.2, 0.25) is 0 Å². The fourth-order valence-corrected chi connectivity index (χ4v) is 2.60. The predicted molar refractivity (Wildman–Crippen MR) is 90.8 cm³/mol. The fraction of sp³-hybridized carbons (Fsp3) is 0.688. The zero-order valence-corrected chi connectivity index (χ0v) is 14.5. The van der Waals surface area contributed by atoms with Gasteiger partial charge in [0.2, 0.25) is 11.9 Å². The second-order valence-electron chi connectivity index (χ2n) is 6.98. The minimum Gasteiger partial charge on any atom is -0.350 e. The lowest BCUT2D eigenvalue weighted by Gasteiger charge is -2.35. The van der Waals surface area contributed by atoms with E-state index < -0.39 is 0 Å². The van der Waals surface area contributed by atoms with Crippen LogP contribution in [0.5, 0.6) is 0 Å². The van der Waals surface area contributed by atoms with Gasteiger partial charge in [-0.3, -0.25) is 19.5 Å². The maximum absolute atomic E-state index is 12.0. The molecule has 7 heteroatoms. The van der Waals surface area contributed by atoms with Crippen molar-refractivity contribution in [3.63, 3.8) is 0 Å². The van der Waals surface area contributed by atoms with E-state index in [0.717, 1.165) is 38.3 Å². The quantitative estimate of drug-likeness (QED) is 0.837. The lowest BCUT2D eigenvalue weighted by molar-refractivity contribution is -0.123. The first-order valence-electron chi connectivity index (χ1n) is 8.15. The molecular formula is C16H27N5O2. The largest absolute Gasteiger partial charge is 0.350 e. The van der Waals surface area contributed by atoms with Crippen molar-refractivity contribution in [2.45, 2.75) is 39.7 Å². The number of piperazine rings is 1. The molecule has 2 N–H and O–H groups in total. The number of aryl methyl sites for hydroxylation is 1. The second-order valence-corrected chi connectivity index (χ2v) is 6.98. The molecule has 1 aromatic rings. The number of hydrogen-bond acceptors (Lipinski definition) is 5. The Labute approximate surface area is 137 Å². The number of aromatic amines is 1. The molecule has 1 aliphatic rings. The highest BCUT2D eigenvalue weighted by Gasteiger charge is 2.22. The number of carbonyl (C=O) groups is 1. The maximum Gasteiger partial charge on any atom is 0.252 e. The zero-order chi connectivity index (χ0) is 17.0. The van der Waals surface area contributed by atoms with Gasteiger partial charge in [0, 0.05) is 43.5 Å². The number of anilines is 1. The molecule has 1 fully saturated rings. The van der Waals surface area contributed by atoms with E-state index in [4.69, 9.17) is 0 Å². The Kier molecular flexibility index (Phi) is 5.41. The van der Waals surface area contributed by atoms with Crippen molar-refractivity contribution in [2.24, 2.45) is 0 Å². The Bertz CT molecular complexity index is 597. The molecule has 2 heterocycles. The van der Waals surface area contributed by atoms with E-state index in [-0.39, 0.29) is 17.0 Å². The minimum absolute atomic E-state index is 0.0467. The van der Waals surface area contributed by atoms with Crippen LogP contribution in [0.15, 0.2) is 10.9 Å². The predicted octanol–water partition coefficient (Wildman–Crippen LogP) is 0.369. The first-order valence-corrected chi connectivity index (χ1v) is 8.15. The number of rotatable bonds is 4. The summed E-state index contributed by atoms with van der Waals surface area (Å²) >= 11 is 0. The van der Waals surface area contributed by atoms with Crippen molar-refractivity contribution in [2.75, 3.05) is 37.6 Å². The molecule has 1 saturated heterocycles. The number of aromatic nitrogens is 2. The van der Waals surface area contributed by atoms with Crippen LogP contribution >= 0.6 is 0 Å². The zero-order valence-electron chi connectivity index (χ0n) is 14.5. The van der Waals surface area contributed by atoms with Gasteiger partial charge in [0.15, 0.2) is 0 Å². The third-order valence-electron chi connectivity index (χ3n) is 3.70. The van der Waals surface area contributed by atoms with Crippen molar-refractivity contribution in [3.8, 4) is 0 Å². The summed E-state index contributed by atoms with van der Waals surface area (Å²) in [5.74, 6) is 0.679. The molecule has 0 unspecified atom stereocenters. The Morgan fingerprint density at radius 3 is 2.52 bits per heavy atom. The van der Waals surface area contributed by atoms with E-state index >= 15 is 0 Å². The summed E-state index contributed by atoms with van der Waals surface area (Å²) in [6.07, 6.45) is 0.740. The normalized spacial score (nSPS) is 16.4. The molecule has 128 valence electrons. The monoisotopic (exact) mass is 321 g/mol. The van der Waals surface area contributed by atoms with Gasteiger partial charge < -0.3 is 10.2 Å². The van der Waals surface area contributed by atoms with E-state index in [9.17, 15) is 9.59 Å². The molecule has 0 spiro atoms. The van der Waals surface area contributed by atoms with Gasteiger partial charge in [-0.25, -0.2) is 4.98 Å². The SMILES string of the molecule is CCc1cc(=O)[nH]c(N2CCN(CC(=O)NC(C)(C)C)CC2)n1. The van der Waals surface area contributed by atoms with E-state index in [1.165, 1.54) is 6.07 Å². The van der Waals surface area contributed by atoms with Crippen LogP contribution in [0, 0.1) is 0 Å². The van der Waals surface area contributed by atoms with Gasteiger partial charge in [-0.15, -0.1) is 0 Å². The standard InChI is InChI=1S/C16H27N5O2/c1-5-12-10-13(22)18-15(17-12)21-8-6-20(7-9-21)11-14(23)19-16(2,3)4/h10H,5-9,11H2,1-4H3,(H,19,23)(H,17,18,22). The molecule has 2 rings (SSSR count). The molecule has 0 aliphatic carbocycles. The van der Waals surface area contributed by atoms with Crippen molar-refractivity contribution < 1.29 is 4.79 Å². The van der Waals surface area contributed by atoms with Crippen LogP contribution in [0.25, 0.3) is 0 Å². The van der Waals surface area contributed by atoms with Crippen molar-refractivity contribution >= 4 is 11.9 Å². The van der Waals surface area contributed by atoms with E-state index in [0.29, 0.717) is 12.5 Å². The Morgan fingerprint density at radius 1 is 1.30 bits per heavy atom. The lowest BCUT2D eigenvalue weighted by atomic mass is 10.1. The van der Waals surface area contributed by atoms with Crippen molar-refractivity contribution in [3.05, 3.63) is 22.1 Å².